The number of benzene rings is 2. The highest BCUT2D eigenvalue weighted by molar-refractivity contribution is 7.92. The Balaban J connectivity index is 2.06. The Morgan fingerprint density at radius 2 is 1.86 bits per heavy atom. The summed E-state index contributed by atoms with van der Waals surface area (Å²) >= 11 is 6.14. The maximum atomic E-state index is 12.6. The van der Waals surface area contributed by atoms with Gasteiger partial charge in [-0.15, -0.1) is 0 Å². The number of nitrogens with one attached hydrogen (secondary N) is 1. The van der Waals surface area contributed by atoms with Crippen LogP contribution in [-0.4, -0.2) is 33.2 Å². The average Bonchev–Trinajstić information content (AvgIpc) is 2.61. The molecule has 2 rings (SSSR count). The third kappa shape index (κ3) is 5.72. The summed E-state index contributed by atoms with van der Waals surface area (Å²) in [5.74, 6) is -0.328. The summed E-state index contributed by atoms with van der Waals surface area (Å²) in [6.07, 6.45) is 2.57. The number of hydrogen-bond acceptors (Lipinski definition) is 3. The maximum Gasteiger partial charge on any atom is 0.243 e. The summed E-state index contributed by atoms with van der Waals surface area (Å²) < 4.78 is 26.0. The Morgan fingerprint density at radius 3 is 2.50 bits per heavy atom. The van der Waals surface area contributed by atoms with Gasteiger partial charge in [-0.25, -0.2) is 8.42 Å². The zero-order chi connectivity index (χ0) is 20.9. The van der Waals surface area contributed by atoms with Crippen LogP contribution in [0.3, 0.4) is 0 Å². The number of halogens is 1. The fourth-order valence-corrected chi connectivity index (χ4v) is 4.53. The number of amides is 1. The van der Waals surface area contributed by atoms with Crippen LogP contribution in [0.4, 0.5) is 5.69 Å². The topological polar surface area (TPSA) is 66.5 Å². The van der Waals surface area contributed by atoms with E-state index in [-0.39, 0.29) is 5.91 Å². The Hall–Kier alpha value is -2.05. The number of aryl methyl sites for hydroxylation is 3. The van der Waals surface area contributed by atoms with Gasteiger partial charge in [-0.2, -0.15) is 0 Å². The SMILES string of the molecule is Cc1ccc(C)c(N([C@@H](C)C(=O)NCCCc2ccccc2Cl)S(C)(=O)=O)c1. The minimum absolute atomic E-state index is 0.328. The second kappa shape index (κ2) is 9.43. The molecular weight excluding hydrogens is 396 g/mol. The molecule has 0 unspecified atom stereocenters. The molecule has 0 spiro atoms. The number of rotatable bonds is 8. The van der Waals surface area contributed by atoms with Crippen molar-refractivity contribution in [2.45, 2.75) is 39.7 Å². The van der Waals surface area contributed by atoms with Gasteiger partial charge in [0.15, 0.2) is 0 Å². The molecule has 1 amide bonds. The van der Waals surface area contributed by atoms with Crippen molar-refractivity contribution in [2.75, 3.05) is 17.1 Å². The highest BCUT2D eigenvalue weighted by atomic mass is 35.5. The predicted molar refractivity (Wildman–Crippen MR) is 115 cm³/mol. The lowest BCUT2D eigenvalue weighted by molar-refractivity contribution is -0.121. The minimum Gasteiger partial charge on any atom is -0.354 e. The molecule has 0 bridgehead atoms. The zero-order valence-electron chi connectivity index (χ0n) is 16.7. The largest absolute Gasteiger partial charge is 0.354 e. The predicted octanol–water partition coefficient (Wildman–Crippen LogP) is 3.86. The van der Waals surface area contributed by atoms with E-state index in [9.17, 15) is 13.2 Å². The van der Waals surface area contributed by atoms with Crippen molar-refractivity contribution in [3.8, 4) is 0 Å². The molecule has 28 heavy (non-hydrogen) atoms. The van der Waals surface area contributed by atoms with Crippen molar-refractivity contribution >= 4 is 33.2 Å². The molecular formula is C21H27ClN2O3S. The van der Waals surface area contributed by atoms with Crippen LogP contribution in [0, 0.1) is 13.8 Å². The minimum atomic E-state index is -3.63. The summed E-state index contributed by atoms with van der Waals surface area (Å²) in [7, 11) is -3.63. The van der Waals surface area contributed by atoms with Gasteiger partial charge >= 0.3 is 0 Å². The molecule has 0 saturated heterocycles. The fraction of sp³-hybridized carbons (Fsp3) is 0.381. The third-order valence-corrected chi connectivity index (χ3v) is 6.17. The van der Waals surface area contributed by atoms with Crippen molar-refractivity contribution in [1.29, 1.82) is 0 Å². The van der Waals surface area contributed by atoms with Gasteiger partial charge in [-0.3, -0.25) is 9.10 Å². The van der Waals surface area contributed by atoms with Gasteiger partial charge in [0.1, 0.15) is 6.04 Å². The van der Waals surface area contributed by atoms with Gasteiger partial charge in [0.25, 0.3) is 0 Å². The van der Waals surface area contributed by atoms with E-state index in [1.165, 1.54) is 4.31 Å². The molecule has 0 radical (unpaired) electrons. The summed E-state index contributed by atoms with van der Waals surface area (Å²) in [6, 6.07) is 12.3. The first-order valence-electron chi connectivity index (χ1n) is 9.19. The van der Waals surface area contributed by atoms with Crippen molar-refractivity contribution in [2.24, 2.45) is 0 Å². The van der Waals surface area contributed by atoms with Gasteiger partial charge in [-0.1, -0.05) is 41.9 Å². The quantitative estimate of drug-likeness (QED) is 0.657. The summed E-state index contributed by atoms with van der Waals surface area (Å²) in [5.41, 5.74) is 3.29. The van der Waals surface area contributed by atoms with Crippen molar-refractivity contribution in [3.63, 3.8) is 0 Å². The smallest absolute Gasteiger partial charge is 0.243 e. The molecule has 0 aliphatic carbocycles. The van der Waals surface area contributed by atoms with Gasteiger partial charge < -0.3 is 5.32 Å². The molecule has 0 fully saturated rings. The zero-order valence-corrected chi connectivity index (χ0v) is 18.3. The van der Waals surface area contributed by atoms with Crippen LogP contribution in [-0.2, 0) is 21.2 Å². The number of sulfonamides is 1. The third-order valence-electron chi connectivity index (χ3n) is 4.57. The van der Waals surface area contributed by atoms with Gasteiger partial charge in [0, 0.05) is 11.6 Å². The number of anilines is 1. The van der Waals surface area contributed by atoms with E-state index in [1.54, 1.807) is 13.0 Å². The normalized spacial score (nSPS) is 12.5. The second-order valence-corrected chi connectivity index (χ2v) is 9.28. The number of carbonyl (C=O) groups is 1. The van der Waals surface area contributed by atoms with E-state index >= 15 is 0 Å². The summed E-state index contributed by atoms with van der Waals surface area (Å²) in [5, 5.41) is 3.55. The lowest BCUT2D eigenvalue weighted by Gasteiger charge is -2.29. The lowest BCUT2D eigenvalue weighted by Crippen LogP contribution is -2.48. The van der Waals surface area contributed by atoms with Crippen LogP contribution in [0.1, 0.15) is 30.0 Å². The van der Waals surface area contributed by atoms with Gasteiger partial charge in [0.05, 0.1) is 11.9 Å². The van der Waals surface area contributed by atoms with E-state index in [0.717, 1.165) is 29.4 Å². The Morgan fingerprint density at radius 1 is 1.18 bits per heavy atom. The first-order valence-corrected chi connectivity index (χ1v) is 11.4. The molecule has 1 N–H and O–H groups in total. The molecule has 0 aliphatic rings. The number of nitrogens with zero attached hydrogens (tertiary/aromatic N) is 1. The Labute approximate surface area is 172 Å². The average molecular weight is 423 g/mol. The Kier molecular flexibility index (Phi) is 7.49. The van der Waals surface area contributed by atoms with Crippen LogP contribution >= 0.6 is 11.6 Å². The summed E-state index contributed by atoms with van der Waals surface area (Å²) in [6.45, 7) is 5.77. The maximum absolute atomic E-state index is 12.6. The van der Waals surface area contributed by atoms with E-state index in [0.29, 0.717) is 23.7 Å². The van der Waals surface area contributed by atoms with Crippen molar-refractivity contribution in [1.82, 2.24) is 5.32 Å². The molecule has 152 valence electrons. The number of hydrogen-bond donors (Lipinski definition) is 1. The van der Waals surface area contributed by atoms with Crippen LogP contribution in [0.2, 0.25) is 5.02 Å². The molecule has 0 aliphatic heterocycles. The van der Waals surface area contributed by atoms with E-state index in [1.807, 2.05) is 50.2 Å². The molecule has 0 aromatic heterocycles. The monoisotopic (exact) mass is 422 g/mol. The molecule has 0 heterocycles. The molecule has 0 saturated carbocycles. The van der Waals surface area contributed by atoms with Gasteiger partial charge in [-0.05, 0) is 62.4 Å². The highest BCUT2D eigenvalue weighted by Crippen LogP contribution is 2.26. The van der Waals surface area contributed by atoms with Crippen molar-refractivity contribution < 1.29 is 13.2 Å². The first-order chi connectivity index (χ1) is 13.1. The van der Waals surface area contributed by atoms with Crippen LogP contribution in [0.25, 0.3) is 0 Å². The second-order valence-electron chi connectivity index (χ2n) is 7.01. The number of carbonyl (C=O) groups excluding carboxylic acids is 1. The molecule has 2 aromatic carbocycles. The van der Waals surface area contributed by atoms with E-state index in [2.05, 4.69) is 5.32 Å². The standard InChI is InChI=1S/C21H27ClN2O3S/c1-15-11-12-16(2)20(14-15)24(28(4,26)27)17(3)21(25)23-13-7-9-18-8-5-6-10-19(18)22/h5-6,8,10-12,14,17H,7,9,13H2,1-4H3,(H,23,25)/t17-/m0/s1. The first kappa shape index (κ1) is 22.2. The van der Waals surface area contributed by atoms with E-state index < -0.39 is 16.1 Å². The van der Waals surface area contributed by atoms with Crippen molar-refractivity contribution in [3.05, 3.63) is 64.2 Å². The van der Waals surface area contributed by atoms with Gasteiger partial charge in [0.2, 0.25) is 15.9 Å². The Bertz CT molecular complexity index is 944. The van der Waals surface area contributed by atoms with Crippen LogP contribution in [0.15, 0.2) is 42.5 Å². The lowest BCUT2D eigenvalue weighted by atomic mass is 10.1. The van der Waals surface area contributed by atoms with E-state index in [4.69, 9.17) is 11.6 Å². The fourth-order valence-electron chi connectivity index (χ4n) is 3.08. The summed E-state index contributed by atoms with van der Waals surface area (Å²) in [4.78, 5) is 12.6. The molecule has 2 aromatic rings. The van der Waals surface area contributed by atoms with Crippen LogP contribution in [0.5, 0.6) is 0 Å². The molecule has 1 atom stereocenters. The molecule has 7 heteroatoms. The van der Waals surface area contributed by atoms with Crippen LogP contribution < -0.4 is 9.62 Å². The highest BCUT2D eigenvalue weighted by Gasteiger charge is 2.30. The molecule has 5 nitrogen and oxygen atoms in total.